The van der Waals surface area contributed by atoms with Gasteiger partial charge in [-0.1, -0.05) is 24.6 Å². The molecule has 1 aromatic carbocycles. The van der Waals surface area contributed by atoms with E-state index in [1.54, 1.807) is 30.3 Å². The molecule has 0 saturated heterocycles. The smallest absolute Gasteiger partial charge is 0.178 e. The van der Waals surface area contributed by atoms with Crippen LogP contribution in [0.4, 0.5) is 0 Å². The van der Waals surface area contributed by atoms with Crippen molar-refractivity contribution in [2.45, 2.75) is 36.7 Å². The lowest BCUT2D eigenvalue weighted by molar-refractivity contribution is 0.131. The zero-order chi connectivity index (χ0) is 12.3. The van der Waals surface area contributed by atoms with Gasteiger partial charge in [-0.25, -0.2) is 8.42 Å². The van der Waals surface area contributed by atoms with E-state index < -0.39 is 9.84 Å². The molecule has 0 aromatic heterocycles. The molecule has 0 unspecified atom stereocenters. The summed E-state index contributed by atoms with van der Waals surface area (Å²) in [6.45, 7) is 0. The van der Waals surface area contributed by atoms with Gasteiger partial charge >= 0.3 is 0 Å². The van der Waals surface area contributed by atoms with Crippen LogP contribution in [-0.2, 0) is 9.84 Å². The largest absolute Gasteiger partial charge is 0.393 e. The first kappa shape index (κ1) is 12.6. The number of benzene rings is 1. The summed E-state index contributed by atoms with van der Waals surface area (Å²) in [6, 6.07) is 8.52. The highest BCUT2D eigenvalue weighted by atomic mass is 32.2. The van der Waals surface area contributed by atoms with Crippen molar-refractivity contribution in [2.75, 3.05) is 5.75 Å². The van der Waals surface area contributed by atoms with E-state index >= 15 is 0 Å². The Bertz CT molecular complexity index is 453. The van der Waals surface area contributed by atoms with Crippen LogP contribution in [0.2, 0.25) is 0 Å². The molecule has 2 rings (SSSR count). The van der Waals surface area contributed by atoms with E-state index in [-0.39, 0.29) is 17.8 Å². The predicted molar refractivity (Wildman–Crippen MR) is 66.5 cm³/mol. The molecule has 1 aliphatic carbocycles. The second-order valence-electron chi connectivity index (χ2n) is 4.68. The molecule has 1 aromatic rings. The predicted octanol–water partition coefficient (Wildman–Crippen LogP) is 2.01. The third-order valence-electron chi connectivity index (χ3n) is 3.48. The summed E-state index contributed by atoms with van der Waals surface area (Å²) in [5.41, 5.74) is 0. The topological polar surface area (TPSA) is 54.4 Å². The molecule has 94 valence electrons. The van der Waals surface area contributed by atoms with E-state index in [2.05, 4.69) is 0 Å². The second-order valence-corrected chi connectivity index (χ2v) is 6.79. The van der Waals surface area contributed by atoms with E-state index in [9.17, 15) is 13.5 Å². The van der Waals surface area contributed by atoms with Crippen LogP contribution in [0.15, 0.2) is 35.2 Å². The number of hydrogen-bond acceptors (Lipinski definition) is 3. The van der Waals surface area contributed by atoms with Crippen LogP contribution >= 0.6 is 0 Å². The zero-order valence-electron chi connectivity index (χ0n) is 9.75. The Labute approximate surface area is 102 Å². The van der Waals surface area contributed by atoms with Crippen molar-refractivity contribution in [2.24, 2.45) is 5.92 Å². The molecule has 1 aliphatic rings. The molecule has 2 atom stereocenters. The molecule has 3 nitrogen and oxygen atoms in total. The van der Waals surface area contributed by atoms with Crippen molar-refractivity contribution >= 4 is 9.84 Å². The van der Waals surface area contributed by atoms with Gasteiger partial charge < -0.3 is 5.11 Å². The van der Waals surface area contributed by atoms with E-state index in [1.165, 1.54) is 0 Å². The van der Waals surface area contributed by atoms with Crippen LogP contribution in [0, 0.1) is 5.92 Å². The summed E-state index contributed by atoms with van der Waals surface area (Å²) in [5.74, 6) is 0.298. The third kappa shape index (κ3) is 3.07. The van der Waals surface area contributed by atoms with Crippen LogP contribution in [0.5, 0.6) is 0 Å². The van der Waals surface area contributed by atoms with Crippen LogP contribution in [0.1, 0.15) is 25.7 Å². The maximum Gasteiger partial charge on any atom is 0.178 e. The molecule has 0 radical (unpaired) electrons. The van der Waals surface area contributed by atoms with E-state index in [1.807, 2.05) is 0 Å². The quantitative estimate of drug-likeness (QED) is 0.894. The van der Waals surface area contributed by atoms with Crippen molar-refractivity contribution in [1.82, 2.24) is 0 Å². The average molecular weight is 254 g/mol. The molecule has 0 heterocycles. The van der Waals surface area contributed by atoms with Crippen LogP contribution < -0.4 is 0 Å². The number of aliphatic hydroxyl groups excluding tert-OH is 1. The van der Waals surface area contributed by atoms with Crippen molar-refractivity contribution in [1.29, 1.82) is 0 Å². The van der Waals surface area contributed by atoms with Gasteiger partial charge in [0.25, 0.3) is 0 Å². The minimum atomic E-state index is -3.18. The number of rotatable bonds is 4. The third-order valence-corrected chi connectivity index (χ3v) is 5.24. The monoisotopic (exact) mass is 254 g/mol. The van der Waals surface area contributed by atoms with Gasteiger partial charge in [0.05, 0.1) is 16.8 Å². The minimum absolute atomic E-state index is 0.138. The highest BCUT2D eigenvalue weighted by molar-refractivity contribution is 7.91. The summed E-state index contributed by atoms with van der Waals surface area (Å²) < 4.78 is 24.0. The van der Waals surface area contributed by atoms with Crippen molar-refractivity contribution in [3.63, 3.8) is 0 Å². The molecular weight excluding hydrogens is 236 g/mol. The lowest BCUT2D eigenvalue weighted by atomic mass is 10.0. The fraction of sp³-hybridized carbons (Fsp3) is 0.538. The van der Waals surface area contributed by atoms with Gasteiger partial charge in [-0.05, 0) is 37.3 Å². The second kappa shape index (κ2) is 5.19. The summed E-state index contributed by atoms with van der Waals surface area (Å²) in [7, 11) is -3.18. The van der Waals surface area contributed by atoms with Gasteiger partial charge in [-0.15, -0.1) is 0 Å². The van der Waals surface area contributed by atoms with Gasteiger partial charge in [-0.2, -0.15) is 0 Å². The first-order valence-corrected chi connectivity index (χ1v) is 7.71. The molecule has 0 aliphatic heterocycles. The first-order chi connectivity index (χ1) is 8.09. The highest BCUT2D eigenvalue weighted by Gasteiger charge is 2.27. The molecule has 1 fully saturated rings. The minimum Gasteiger partial charge on any atom is -0.393 e. The highest BCUT2D eigenvalue weighted by Crippen LogP contribution is 2.29. The van der Waals surface area contributed by atoms with E-state index in [0.717, 1.165) is 19.3 Å². The van der Waals surface area contributed by atoms with Gasteiger partial charge in [0, 0.05) is 0 Å². The standard InChI is InChI=1S/C13H18O3S/c14-13-8-4-5-11(13)9-10-17(15,16)12-6-2-1-3-7-12/h1-3,6-7,11,13-14H,4-5,8-10H2/t11-,13+/m1/s1. The van der Waals surface area contributed by atoms with E-state index in [4.69, 9.17) is 0 Å². The number of sulfone groups is 1. The lowest BCUT2D eigenvalue weighted by Gasteiger charge is -2.14. The molecule has 4 heteroatoms. The SMILES string of the molecule is O=S(=O)(CC[C@H]1CCC[C@@H]1O)c1ccccc1. The molecule has 1 saturated carbocycles. The Morgan fingerprint density at radius 1 is 1.18 bits per heavy atom. The van der Waals surface area contributed by atoms with Crippen LogP contribution in [0.3, 0.4) is 0 Å². The van der Waals surface area contributed by atoms with Crippen LogP contribution in [0.25, 0.3) is 0 Å². The Morgan fingerprint density at radius 2 is 1.88 bits per heavy atom. The Morgan fingerprint density at radius 3 is 2.47 bits per heavy atom. The Kier molecular flexibility index (Phi) is 3.84. The normalized spacial score (nSPS) is 25.0. The maximum absolute atomic E-state index is 12.0. The Hall–Kier alpha value is -0.870. The first-order valence-electron chi connectivity index (χ1n) is 6.05. The Balaban J connectivity index is 1.99. The van der Waals surface area contributed by atoms with Gasteiger partial charge in [0.15, 0.2) is 9.84 Å². The molecule has 0 bridgehead atoms. The zero-order valence-corrected chi connectivity index (χ0v) is 10.6. The summed E-state index contributed by atoms with van der Waals surface area (Å²) in [6.07, 6.45) is 3.04. The van der Waals surface area contributed by atoms with E-state index in [0.29, 0.717) is 11.3 Å². The molecule has 0 amide bonds. The summed E-state index contributed by atoms with van der Waals surface area (Å²) in [4.78, 5) is 0.382. The average Bonchev–Trinajstić information content (AvgIpc) is 2.74. The fourth-order valence-electron chi connectivity index (χ4n) is 2.41. The van der Waals surface area contributed by atoms with Crippen molar-refractivity contribution in [3.05, 3.63) is 30.3 Å². The fourth-order valence-corrected chi connectivity index (χ4v) is 3.83. The lowest BCUT2D eigenvalue weighted by Crippen LogP contribution is -2.17. The summed E-state index contributed by atoms with van der Waals surface area (Å²) >= 11 is 0. The molecule has 1 N–H and O–H groups in total. The van der Waals surface area contributed by atoms with Gasteiger partial charge in [0.2, 0.25) is 0 Å². The number of aliphatic hydroxyl groups is 1. The van der Waals surface area contributed by atoms with Crippen LogP contribution in [-0.4, -0.2) is 25.4 Å². The van der Waals surface area contributed by atoms with Crippen molar-refractivity contribution in [3.8, 4) is 0 Å². The summed E-state index contributed by atoms with van der Waals surface area (Å²) in [5, 5.41) is 9.66. The van der Waals surface area contributed by atoms with Crippen molar-refractivity contribution < 1.29 is 13.5 Å². The van der Waals surface area contributed by atoms with Gasteiger partial charge in [-0.3, -0.25) is 0 Å². The van der Waals surface area contributed by atoms with Gasteiger partial charge in [0.1, 0.15) is 0 Å². The molecular formula is C13H18O3S. The molecule has 0 spiro atoms. The maximum atomic E-state index is 12.0. The number of hydrogen-bond donors (Lipinski definition) is 1. The molecule has 17 heavy (non-hydrogen) atoms.